The highest BCUT2D eigenvalue weighted by Crippen LogP contribution is 2.29. The van der Waals surface area contributed by atoms with Gasteiger partial charge in [0.2, 0.25) is 5.91 Å². The van der Waals surface area contributed by atoms with Crippen LogP contribution in [-0.4, -0.2) is 11.0 Å². The van der Waals surface area contributed by atoms with E-state index in [4.69, 9.17) is 39.8 Å². The van der Waals surface area contributed by atoms with Crippen molar-refractivity contribution in [2.45, 2.75) is 20.8 Å². The molecule has 0 radical (unpaired) electrons. The van der Waals surface area contributed by atoms with Gasteiger partial charge in [-0.2, -0.15) is 0 Å². The third-order valence-electron chi connectivity index (χ3n) is 4.33. The van der Waals surface area contributed by atoms with Gasteiger partial charge in [0.25, 0.3) is 0 Å². The zero-order valence-corrected chi connectivity index (χ0v) is 19.0. The predicted octanol–water partition coefficient (Wildman–Crippen LogP) is 6.71. The summed E-state index contributed by atoms with van der Waals surface area (Å²) in [5.74, 6) is 0.751. The van der Waals surface area contributed by atoms with E-state index in [0.717, 1.165) is 22.4 Å². The van der Waals surface area contributed by atoms with Crippen LogP contribution in [0.15, 0.2) is 53.0 Å². The van der Waals surface area contributed by atoms with E-state index in [0.29, 0.717) is 21.6 Å². The molecule has 3 rings (SSSR count). The number of rotatable bonds is 4. The van der Waals surface area contributed by atoms with Gasteiger partial charge in [0.15, 0.2) is 5.11 Å². The van der Waals surface area contributed by atoms with E-state index in [1.807, 2.05) is 20.8 Å². The van der Waals surface area contributed by atoms with Crippen LogP contribution >= 0.6 is 35.4 Å². The number of hydrogen-bond acceptors (Lipinski definition) is 3. The Morgan fingerprint density at radius 2 is 1.63 bits per heavy atom. The highest BCUT2D eigenvalue weighted by Gasteiger charge is 2.09. The zero-order chi connectivity index (χ0) is 21.8. The number of amides is 1. The van der Waals surface area contributed by atoms with Crippen LogP contribution in [0, 0.1) is 20.8 Å². The van der Waals surface area contributed by atoms with E-state index in [1.165, 1.54) is 11.6 Å². The first kappa shape index (κ1) is 22.1. The largest absolute Gasteiger partial charge is 0.457 e. The molecule has 0 atom stereocenters. The summed E-state index contributed by atoms with van der Waals surface area (Å²) in [7, 11) is 0. The molecule has 154 valence electrons. The molecule has 0 aliphatic heterocycles. The first-order valence-electron chi connectivity index (χ1n) is 9.15. The number of carbonyl (C=O) groups excluding carboxylic acids is 1. The standard InChI is InChI=1S/C23H20Cl2N2O2S/c1-13-8-14(2)22(15(3)9-13)27-23(30)26-21(28)7-5-19-4-6-20(29-19)16-10-17(24)12-18(25)11-16/h4-12H,1-3H3,(H2,26,27,28,30)/b7-5+. The van der Waals surface area contributed by atoms with Gasteiger partial charge in [-0.05, 0) is 80.5 Å². The van der Waals surface area contributed by atoms with Gasteiger partial charge in [-0.1, -0.05) is 40.9 Å². The minimum Gasteiger partial charge on any atom is -0.457 e. The van der Waals surface area contributed by atoms with Crippen LogP contribution in [0.4, 0.5) is 5.69 Å². The number of carbonyl (C=O) groups is 1. The average molecular weight is 459 g/mol. The molecule has 1 aromatic heterocycles. The Morgan fingerprint density at radius 3 is 2.27 bits per heavy atom. The Bertz CT molecular complexity index is 1110. The fraction of sp³-hybridized carbons (Fsp3) is 0.130. The van der Waals surface area contributed by atoms with Gasteiger partial charge >= 0.3 is 0 Å². The Kier molecular flexibility index (Phi) is 6.98. The van der Waals surface area contributed by atoms with Gasteiger partial charge in [0.1, 0.15) is 11.5 Å². The third kappa shape index (κ3) is 5.72. The lowest BCUT2D eigenvalue weighted by Crippen LogP contribution is -2.33. The van der Waals surface area contributed by atoms with Crippen LogP contribution in [0.3, 0.4) is 0 Å². The minimum absolute atomic E-state index is 0.230. The SMILES string of the molecule is Cc1cc(C)c(NC(=S)NC(=O)/C=C/c2ccc(-c3cc(Cl)cc(Cl)c3)o2)c(C)c1. The summed E-state index contributed by atoms with van der Waals surface area (Å²) in [6.45, 7) is 6.03. The van der Waals surface area contributed by atoms with Crippen LogP contribution in [0.1, 0.15) is 22.5 Å². The lowest BCUT2D eigenvalue weighted by Gasteiger charge is -2.14. The Morgan fingerprint density at radius 1 is 1.00 bits per heavy atom. The maximum atomic E-state index is 12.2. The van der Waals surface area contributed by atoms with Crippen molar-refractivity contribution < 1.29 is 9.21 Å². The van der Waals surface area contributed by atoms with E-state index < -0.39 is 0 Å². The molecule has 0 aliphatic carbocycles. The van der Waals surface area contributed by atoms with Crippen LogP contribution < -0.4 is 10.6 Å². The van der Waals surface area contributed by atoms with Gasteiger partial charge in [-0.3, -0.25) is 10.1 Å². The minimum atomic E-state index is -0.362. The molecule has 3 aromatic rings. The normalized spacial score (nSPS) is 11.0. The first-order valence-corrected chi connectivity index (χ1v) is 10.3. The van der Waals surface area contributed by atoms with E-state index >= 15 is 0 Å². The summed E-state index contributed by atoms with van der Waals surface area (Å²) in [5.41, 5.74) is 4.94. The van der Waals surface area contributed by atoms with Crippen molar-refractivity contribution >= 4 is 58.2 Å². The molecule has 0 saturated carbocycles. The summed E-state index contributed by atoms with van der Waals surface area (Å²) in [4.78, 5) is 12.2. The molecule has 0 spiro atoms. The van der Waals surface area contributed by atoms with Gasteiger partial charge in [0.05, 0.1) is 0 Å². The number of benzene rings is 2. The number of hydrogen-bond donors (Lipinski definition) is 2. The molecule has 0 fully saturated rings. The second kappa shape index (κ2) is 9.47. The Labute approximate surface area is 190 Å². The molecule has 1 amide bonds. The molecule has 0 bridgehead atoms. The fourth-order valence-corrected chi connectivity index (χ4v) is 3.86. The molecule has 0 aliphatic rings. The second-order valence-electron chi connectivity index (χ2n) is 6.91. The van der Waals surface area contributed by atoms with E-state index in [-0.39, 0.29) is 11.0 Å². The van der Waals surface area contributed by atoms with Crippen molar-refractivity contribution in [3.05, 3.63) is 81.0 Å². The molecular weight excluding hydrogens is 439 g/mol. The highest BCUT2D eigenvalue weighted by atomic mass is 35.5. The van der Waals surface area contributed by atoms with Gasteiger partial charge in [-0.15, -0.1) is 0 Å². The Balaban J connectivity index is 1.62. The molecule has 0 unspecified atom stereocenters. The highest BCUT2D eigenvalue weighted by molar-refractivity contribution is 7.80. The molecule has 4 nitrogen and oxygen atoms in total. The van der Waals surface area contributed by atoms with E-state index in [9.17, 15) is 4.79 Å². The maximum Gasteiger partial charge on any atom is 0.250 e. The van der Waals surface area contributed by atoms with Crippen molar-refractivity contribution in [1.82, 2.24) is 5.32 Å². The van der Waals surface area contributed by atoms with Gasteiger partial charge < -0.3 is 9.73 Å². The molecular formula is C23H20Cl2N2O2S. The van der Waals surface area contributed by atoms with E-state index in [1.54, 1.807) is 36.4 Å². The van der Waals surface area contributed by atoms with Crippen molar-refractivity contribution in [2.24, 2.45) is 0 Å². The molecule has 2 N–H and O–H groups in total. The first-order chi connectivity index (χ1) is 14.2. The van der Waals surface area contributed by atoms with Crippen LogP contribution in [-0.2, 0) is 4.79 Å². The number of furan rings is 1. The van der Waals surface area contributed by atoms with Crippen LogP contribution in [0.2, 0.25) is 10.0 Å². The number of thiocarbonyl (C=S) groups is 1. The van der Waals surface area contributed by atoms with E-state index in [2.05, 4.69) is 22.8 Å². The lowest BCUT2D eigenvalue weighted by atomic mass is 10.1. The van der Waals surface area contributed by atoms with Gasteiger partial charge in [-0.25, -0.2) is 0 Å². The summed E-state index contributed by atoms with van der Waals surface area (Å²) >= 11 is 17.3. The molecule has 2 aromatic carbocycles. The number of anilines is 1. The number of nitrogens with one attached hydrogen (secondary N) is 2. The monoisotopic (exact) mass is 458 g/mol. The van der Waals surface area contributed by atoms with Crippen molar-refractivity contribution in [1.29, 1.82) is 0 Å². The zero-order valence-electron chi connectivity index (χ0n) is 16.7. The molecule has 30 heavy (non-hydrogen) atoms. The maximum absolute atomic E-state index is 12.2. The summed E-state index contributed by atoms with van der Waals surface area (Å²) in [5, 5.41) is 7.00. The smallest absolute Gasteiger partial charge is 0.250 e. The Hall–Kier alpha value is -2.60. The number of aryl methyl sites for hydroxylation is 3. The molecule has 0 saturated heterocycles. The van der Waals surface area contributed by atoms with Gasteiger partial charge in [0, 0.05) is 27.4 Å². The van der Waals surface area contributed by atoms with Crippen molar-refractivity contribution in [3.8, 4) is 11.3 Å². The fourth-order valence-electron chi connectivity index (χ4n) is 3.13. The second-order valence-corrected chi connectivity index (χ2v) is 8.19. The summed E-state index contributed by atoms with van der Waals surface area (Å²) < 4.78 is 5.74. The van der Waals surface area contributed by atoms with Crippen LogP contribution in [0.25, 0.3) is 17.4 Å². The average Bonchev–Trinajstić information content (AvgIpc) is 3.11. The summed E-state index contributed by atoms with van der Waals surface area (Å²) in [6, 6.07) is 12.8. The molecule has 7 heteroatoms. The third-order valence-corrected chi connectivity index (χ3v) is 4.97. The van der Waals surface area contributed by atoms with Crippen LogP contribution in [0.5, 0.6) is 0 Å². The van der Waals surface area contributed by atoms with Crippen molar-refractivity contribution in [2.75, 3.05) is 5.32 Å². The quantitative estimate of drug-likeness (QED) is 0.337. The van der Waals surface area contributed by atoms with Crippen molar-refractivity contribution in [3.63, 3.8) is 0 Å². The lowest BCUT2D eigenvalue weighted by molar-refractivity contribution is -0.115. The topological polar surface area (TPSA) is 54.3 Å². The number of halogens is 2. The predicted molar refractivity (Wildman–Crippen MR) is 128 cm³/mol. The summed E-state index contributed by atoms with van der Waals surface area (Å²) in [6.07, 6.45) is 2.92. The molecule has 1 heterocycles.